The molecule has 0 spiro atoms. The van der Waals surface area contributed by atoms with Crippen molar-refractivity contribution in [3.05, 3.63) is 29.6 Å². The van der Waals surface area contributed by atoms with E-state index >= 15 is 0 Å². The highest BCUT2D eigenvalue weighted by atomic mass is 35.5. The predicted molar refractivity (Wildman–Crippen MR) is 55.6 cm³/mol. The Labute approximate surface area is 81.4 Å². The van der Waals surface area contributed by atoms with Crippen LogP contribution in [0, 0.1) is 0 Å². The first kappa shape index (κ1) is 9.36. The summed E-state index contributed by atoms with van der Waals surface area (Å²) in [7, 11) is 1.69. The third-order valence-electron chi connectivity index (χ3n) is 1.66. The minimum atomic E-state index is 0. The molecule has 2 rings (SSSR count). The molecular formula is C9H9ClOS. The summed E-state index contributed by atoms with van der Waals surface area (Å²) in [6.07, 6.45) is 0. The third kappa shape index (κ3) is 1.54. The molecule has 1 nitrogen and oxygen atoms in total. The van der Waals surface area contributed by atoms with Gasteiger partial charge in [-0.2, -0.15) is 0 Å². The molecule has 0 saturated heterocycles. The Kier molecular flexibility index (Phi) is 2.95. The van der Waals surface area contributed by atoms with Crippen molar-refractivity contribution in [2.75, 3.05) is 7.11 Å². The second kappa shape index (κ2) is 3.78. The van der Waals surface area contributed by atoms with Gasteiger partial charge in [-0.1, -0.05) is 0 Å². The van der Waals surface area contributed by atoms with Gasteiger partial charge in [-0.3, -0.25) is 0 Å². The Morgan fingerprint density at radius 3 is 2.83 bits per heavy atom. The Morgan fingerprint density at radius 2 is 2.08 bits per heavy atom. The molecule has 1 aromatic carbocycles. The minimum absolute atomic E-state index is 0. The number of thiophene rings is 1. The van der Waals surface area contributed by atoms with Gasteiger partial charge in [-0.05, 0) is 35.0 Å². The van der Waals surface area contributed by atoms with Crippen LogP contribution in [0.1, 0.15) is 0 Å². The van der Waals surface area contributed by atoms with E-state index in [4.69, 9.17) is 4.74 Å². The van der Waals surface area contributed by atoms with Crippen molar-refractivity contribution in [1.29, 1.82) is 0 Å². The number of hydrogen-bond acceptors (Lipinski definition) is 2. The van der Waals surface area contributed by atoms with Crippen LogP contribution in [0.3, 0.4) is 0 Å². The summed E-state index contributed by atoms with van der Waals surface area (Å²) in [5.41, 5.74) is 0. The summed E-state index contributed by atoms with van der Waals surface area (Å²) in [6, 6.07) is 8.22. The maximum absolute atomic E-state index is 5.10. The quantitative estimate of drug-likeness (QED) is 0.686. The number of ether oxygens (including phenoxy) is 1. The van der Waals surface area contributed by atoms with E-state index in [1.807, 2.05) is 6.07 Å². The number of halogens is 1. The van der Waals surface area contributed by atoms with E-state index in [2.05, 4.69) is 23.6 Å². The molecule has 0 bridgehead atoms. The van der Waals surface area contributed by atoms with E-state index in [0.717, 1.165) is 5.75 Å². The average Bonchev–Trinajstić information content (AvgIpc) is 2.50. The van der Waals surface area contributed by atoms with E-state index in [9.17, 15) is 0 Å². The fraction of sp³-hybridized carbons (Fsp3) is 0.111. The van der Waals surface area contributed by atoms with Gasteiger partial charge in [0, 0.05) is 4.70 Å². The van der Waals surface area contributed by atoms with Crippen molar-refractivity contribution in [2.45, 2.75) is 0 Å². The van der Waals surface area contributed by atoms with Gasteiger partial charge in [-0.15, -0.1) is 23.7 Å². The maximum atomic E-state index is 5.10. The highest BCUT2D eigenvalue weighted by molar-refractivity contribution is 7.17. The van der Waals surface area contributed by atoms with Crippen LogP contribution in [-0.2, 0) is 0 Å². The van der Waals surface area contributed by atoms with Crippen molar-refractivity contribution >= 4 is 33.8 Å². The molecular weight excluding hydrogens is 192 g/mol. The van der Waals surface area contributed by atoms with Gasteiger partial charge in [0.1, 0.15) is 5.75 Å². The summed E-state index contributed by atoms with van der Waals surface area (Å²) >= 11 is 1.74. The fourth-order valence-corrected chi connectivity index (χ4v) is 1.88. The van der Waals surface area contributed by atoms with Gasteiger partial charge < -0.3 is 4.74 Å². The van der Waals surface area contributed by atoms with Gasteiger partial charge in [-0.25, -0.2) is 0 Å². The molecule has 12 heavy (non-hydrogen) atoms. The van der Waals surface area contributed by atoms with Gasteiger partial charge in [0.2, 0.25) is 0 Å². The zero-order valence-corrected chi connectivity index (χ0v) is 8.24. The number of benzene rings is 1. The van der Waals surface area contributed by atoms with Crippen molar-refractivity contribution < 1.29 is 4.74 Å². The zero-order chi connectivity index (χ0) is 7.68. The second-order valence-electron chi connectivity index (χ2n) is 2.32. The van der Waals surface area contributed by atoms with Crippen molar-refractivity contribution in [1.82, 2.24) is 0 Å². The lowest BCUT2D eigenvalue weighted by atomic mass is 10.2. The number of rotatable bonds is 1. The Bertz CT molecular complexity index is 369. The topological polar surface area (TPSA) is 9.23 Å². The van der Waals surface area contributed by atoms with Gasteiger partial charge >= 0.3 is 0 Å². The lowest BCUT2D eigenvalue weighted by Crippen LogP contribution is -1.79. The number of fused-ring (bicyclic) bond motifs is 1. The SMILES string of the molecule is COc1ccc2ccsc2c1.Cl. The molecule has 2 aromatic rings. The molecule has 3 heteroatoms. The molecule has 0 atom stereocenters. The molecule has 0 fully saturated rings. The van der Waals surface area contributed by atoms with E-state index in [-0.39, 0.29) is 12.4 Å². The Morgan fingerprint density at radius 1 is 1.25 bits per heavy atom. The molecule has 1 aromatic heterocycles. The molecule has 64 valence electrons. The Balaban J connectivity index is 0.000000720. The lowest BCUT2D eigenvalue weighted by molar-refractivity contribution is 0.415. The molecule has 0 aliphatic heterocycles. The third-order valence-corrected chi connectivity index (χ3v) is 2.54. The van der Waals surface area contributed by atoms with Crippen LogP contribution in [0.2, 0.25) is 0 Å². The normalized spacial score (nSPS) is 9.42. The first-order chi connectivity index (χ1) is 5.40. The summed E-state index contributed by atoms with van der Waals surface area (Å²) in [4.78, 5) is 0. The molecule has 0 aliphatic carbocycles. The fourth-order valence-electron chi connectivity index (χ4n) is 1.06. The second-order valence-corrected chi connectivity index (χ2v) is 3.27. The van der Waals surface area contributed by atoms with Crippen LogP contribution >= 0.6 is 23.7 Å². The molecule has 0 unspecified atom stereocenters. The highest BCUT2D eigenvalue weighted by Crippen LogP contribution is 2.24. The minimum Gasteiger partial charge on any atom is -0.497 e. The lowest BCUT2D eigenvalue weighted by Gasteiger charge is -1.97. The van der Waals surface area contributed by atoms with Gasteiger partial charge in [0.25, 0.3) is 0 Å². The van der Waals surface area contributed by atoms with E-state index < -0.39 is 0 Å². The van der Waals surface area contributed by atoms with Crippen LogP contribution in [0.15, 0.2) is 29.6 Å². The smallest absolute Gasteiger partial charge is 0.120 e. The van der Waals surface area contributed by atoms with E-state index in [1.165, 1.54) is 10.1 Å². The number of methoxy groups -OCH3 is 1. The largest absolute Gasteiger partial charge is 0.497 e. The Hall–Kier alpha value is -0.730. The zero-order valence-electron chi connectivity index (χ0n) is 6.61. The number of hydrogen-bond donors (Lipinski definition) is 0. The molecule has 0 radical (unpaired) electrons. The van der Waals surface area contributed by atoms with Crippen LogP contribution in [0.4, 0.5) is 0 Å². The van der Waals surface area contributed by atoms with Crippen molar-refractivity contribution in [2.24, 2.45) is 0 Å². The van der Waals surface area contributed by atoms with Crippen molar-refractivity contribution in [3.8, 4) is 5.75 Å². The van der Waals surface area contributed by atoms with Crippen LogP contribution in [-0.4, -0.2) is 7.11 Å². The van der Waals surface area contributed by atoms with E-state index in [0.29, 0.717) is 0 Å². The van der Waals surface area contributed by atoms with Gasteiger partial charge in [0.15, 0.2) is 0 Å². The average molecular weight is 201 g/mol. The molecule has 0 aliphatic rings. The molecule has 0 N–H and O–H groups in total. The first-order valence-corrected chi connectivity index (χ1v) is 4.29. The molecule has 0 saturated carbocycles. The maximum Gasteiger partial charge on any atom is 0.120 e. The van der Waals surface area contributed by atoms with Crippen molar-refractivity contribution in [3.63, 3.8) is 0 Å². The summed E-state index contributed by atoms with van der Waals surface area (Å²) in [5, 5.41) is 3.38. The van der Waals surface area contributed by atoms with Crippen LogP contribution in [0.5, 0.6) is 5.75 Å². The monoisotopic (exact) mass is 200 g/mol. The van der Waals surface area contributed by atoms with Gasteiger partial charge in [0.05, 0.1) is 7.11 Å². The first-order valence-electron chi connectivity index (χ1n) is 3.41. The molecule has 0 amide bonds. The predicted octanol–water partition coefficient (Wildman–Crippen LogP) is 3.33. The summed E-state index contributed by atoms with van der Waals surface area (Å²) in [5.74, 6) is 0.931. The highest BCUT2D eigenvalue weighted by Gasteiger charge is 1.95. The summed E-state index contributed by atoms with van der Waals surface area (Å²) in [6.45, 7) is 0. The standard InChI is InChI=1S/C9H8OS.ClH/c1-10-8-3-2-7-4-5-11-9(7)6-8;/h2-6H,1H3;1H. The summed E-state index contributed by atoms with van der Waals surface area (Å²) < 4.78 is 6.38. The van der Waals surface area contributed by atoms with Crippen LogP contribution < -0.4 is 4.74 Å². The van der Waals surface area contributed by atoms with Crippen LogP contribution in [0.25, 0.3) is 10.1 Å². The molecule has 1 heterocycles. The van der Waals surface area contributed by atoms with E-state index in [1.54, 1.807) is 18.4 Å².